The van der Waals surface area contributed by atoms with Crippen molar-refractivity contribution in [1.82, 2.24) is 4.90 Å². The summed E-state index contributed by atoms with van der Waals surface area (Å²) in [7, 11) is 0. The molecule has 0 radical (unpaired) electrons. The average molecular weight is 293 g/mol. The molecule has 2 atom stereocenters. The van der Waals surface area contributed by atoms with E-state index in [1.807, 2.05) is 0 Å². The summed E-state index contributed by atoms with van der Waals surface area (Å²) in [6, 6.07) is 2.07. The van der Waals surface area contributed by atoms with E-state index in [1.165, 1.54) is 10.4 Å². The fourth-order valence-corrected chi connectivity index (χ4v) is 4.33. The number of hydrogen-bond acceptors (Lipinski definition) is 3. The van der Waals surface area contributed by atoms with Gasteiger partial charge >= 0.3 is 5.97 Å². The van der Waals surface area contributed by atoms with E-state index in [9.17, 15) is 9.59 Å². The number of piperidine rings is 1. The largest absolute Gasteiger partial charge is 0.481 e. The predicted octanol–water partition coefficient (Wildman–Crippen LogP) is 2.49. The van der Waals surface area contributed by atoms with E-state index < -0.39 is 11.9 Å². The third-order valence-electron chi connectivity index (χ3n) is 4.43. The molecule has 4 nitrogen and oxygen atoms in total. The average Bonchev–Trinajstić information content (AvgIpc) is 2.95. The Kier molecular flexibility index (Phi) is 3.78. The molecule has 2 aliphatic rings. The Bertz CT molecular complexity index is 525. The van der Waals surface area contributed by atoms with Gasteiger partial charge in [-0.2, -0.15) is 0 Å². The molecule has 1 N–H and O–H groups in total. The molecule has 20 heavy (non-hydrogen) atoms. The second-order valence-corrected chi connectivity index (χ2v) is 6.71. The molecule has 0 aromatic carbocycles. The van der Waals surface area contributed by atoms with Gasteiger partial charge in [-0.15, -0.1) is 11.3 Å². The molecule has 3 rings (SSSR count). The standard InChI is InChI=1S/C15H19NO3S/c17-14(16-7-2-3-10(9-16)15(18)19)12-4-1-5-13-11(12)6-8-20-13/h6,8,10,12H,1-5,7,9H2,(H,18,19)/t10-,12?/m0/s1. The molecule has 0 saturated carbocycles. The van der Waals surface area contributed by atoms with Gasteiger partial charge in [-0.1, -0.05) is 0 Å². The molecule has 1 aliphatic heterocycles. The Morgan fingerprint density at radius 3 is 2.95 bits per heavy atom. The molecule has 1 saturated heterocycles. The summed E-state index contributed by atoms with van der Waals surface area (Å²) in [5, 5.41) is 11.2. The van der Waals surface area contributed by atoms with E-state index in [1.54, 1.807) is 16.2 Å². The summed E-state index contributed by atoms with van der Waals surface area (Å²) in [5.74, 6) is -1.08. The Morgan fingerprint density at radius 2 is 2.15 bits per heavy atom. The van der Waals surface area contributed by atoms with Crippen LogP contribution >= 0.6 is 11.3 Å². The summed E-state index contributed by atoms with van der Waals surface area (Å²) in [5.41, 5.74) is 1.18. The Morgan fingerprint density at radius 1 is 1.30 bits per heavy atom. The number of thiophene rings is 1. The van der Waals surface area contributed by atoms with Crippen LogP contribution in [-0.2, 0) is 16.0 Å². The molecule has 1 aromatic rings. The minimum atomic E-state index is -0.776. The molecule has 2 heterocycles. The van der Waals surface area contributed by atoms with Crippen LogP contribution in [0, 0.1) is 5.92 Å². The minimum Gasteiger partial charge on any atom is -0.481 e. The van der Waals surface area contributed by atoms with E-state index >= 15 is 0 Å². The van der Waals surface area contributed by atoms with Crippen LogP contribution in [0.5, 0.6) is 0 Å². The summed E-state index contributed by atoms with van der Waals surface area (Å²) >= 11 is 1.73. The van der Waals surface area contributed by atoms with Crippen LogP contribution in [-0.4, -0.2) is 35.0 Å². The lowest BCUT2D eigenvalue weighted by atomic mass is 9.86. The molecule has 1 unspecified atom stereocenters. The van der Waals surface area contributed by atoms with E-state index in [2.05, 4.69) is 11.4 Å². The van der Waals surface area contributed by atoms with Crippen LogP contribution in [0.15, 0.2) is 11.4 Å². The highest BCUT2D eigenvalue weighted by Gasteiger charge is 2.34. The van der Waals surface area contributed by atoms with Gasteiger partial charge in [0.1, 0.15) is 0 Å². The monoisotopic (exact) mass is 293 g/mol. The van der Waals surface area contributed by atoms with Crippen molar-refractivity contribution >= 4 is 23.2 Å². The maximum atomic E-state index is 12.7. The molecule has 1 aliphatic carbocycles. The van der Waals surface area contributed by atoms with Gasteiger partial charge in [-0.05, 0) is 49.1 Å². The number of carboxylic acids is 1. The van der Waals surface area contributed by atoms with Crippen LogP contribution in [0.3, 0.4) is 0 Å². The van der Waals surface area contributed by atoms with Gasteiger partial charge in [0.05, 0.1) is 11.8 Å². The molecule has 1 aromatic heterocycles. The number of carbonyl (C=O) groups excluding carboxylic acids is 1. The molecule has 0 bridgehead atoms. The number of rotatable bonds is 2. The maximum absolute atomic E-state index is 12.7. The fraction of sp³-hybridized carbons (Fsp3) is 0.600. The molecule has 1 fully saturated rings. The topological polar surface area (TPSA) is 57.6 Å². The van der Waals surface area contributed by atoms with Crippen molar-refractivity contribution in [3.05, 3.63) is 21.9 Å². The normalized spacial score (nSPS) is 26.1. The highest BCUT2D eigenvalue weighted by molar-refractivity contribution is 7.10. The van der Waals surface area contributed by atoms with Gasteiger partial charge < -0.3 is 10.0 Å². The smallest absolute Gasteiger partial charge is 0.308 e. The summed E-state index contributed by atoms with van der Waals surface area (Å²) < 4.78 is 0. The molecular weight excluding hydrogens is 274 g/mol. The van der Waals surface area contributed by atoms with Gasteiger partial charge in [0.25, 0.3) is 0 Å². The molecular formula is C15H19NO3S. The summed E-state index contributed by atoms with van der Waals surface area (Å²) in [6.45, 7) is 1.09. The van der Waals surface area contributed by atoms with Crippen molar-refractivity contribution in [1.29, 1.82) is 0 Å². The highest BCUT2D eigenvalue weighted by Crippen LogP contribution is 2.36. The van der Waals surface area contributed by atoms with Crippen LogP contribution in [0.25, 0.3) is 0 Å². The van der Waals surface area contributed by atoms with Crippen molar-refractivity contribution < 1.29 is 14.7 Å². The first kappa shape index (κ1) is 13.6. The maximum Gasteiger partial charge on any atom is 0.308 e. The second-order valence-electron chi connectivity index (χ2n) is 5.71. The number of carboxylic acid groups (broad SMARTS) is 1. The molecule has 1 amide bonds. The quantitative estimate of drug-likeness (QED) is 0.911. The van der Waals surface area contributed by atoms with Crippen molar-refractivity contribution in [3.8, 4) is 0 Å². The van der Waals surface area contributed by atoms with Crippen LogP contribution in [0.2, 0.25) is 0 Å². The van der Waals surface area contributed by atoms with E-state index in [-0.39, 0.29) is 11.8 Å². The molecule has 5 heteroatoms. The third kappa shape index (κ3) is 2.46. The molecule has 108 valence electrons. The van der Waals surface area contributed by atoms with Crippen molar-refractivity contribution in [2.45, 2.75) is 38.0 Å². The number of nitrogens with zero attached hydrogens (tertiary/aromatic N) is 1. The Hall–Kier alpha value is -1.36. The van der Waals surface area contributed by atoms with Crippen LogP contribution in [0.4, 0.5) is 0 Å². The third-order valence-corrected chi connectivity index (χ3v) is 5.43. The van der Waals surface area contributed by atoms with Crippen molar-refractivity contribution in [2.75, 3.05) is 13.1 Å². The second kappa shape index (κ2) is 5.56. The number of hydrogen-bond donors (Lipinski definition) is 1. The number of fused-ring (bicyclic) bond motifs is 1. The van der Waals surface area contributed by atoms with Gasteiger partial charge in [0.15, 0.2) is 0 Å². The Balaban J connectivity index is 1.75. The summed E-state index contributed by atoms with van der Waals surface area (Å²) in [4.78, 5) is 27.0. The SMILES string of the molecule is O=C(O)[C@H]1CCCN(C(=O)C2CCCc3sccc32)C1. The zero-order valence-corrected chi connectivity index (χ0v) is 12.2. The summed E-state index contributed by atoms with van der Waals surface area (Å²) in [6.07, 6.45) is 4.52. The van der Waals surface area contributed by atoms with Gasteiger partial charge in [0, 0.05) is 18.0 Å². The zero-order valence-electron chi connectivity index (χ0n) is 11.4. The van der Waals surface area contributed by atoms with Gasteiger partial charge in [-0.3, -0.25) is 9.59 Å². The lowest BCUT2D eigenvalue weighted by Gasteiger charge is -2.34. The zero-order chi connectivity index (χ0) is 14.1. The number of amides is 1. The number of aliphatic carboxylic acids is 1. The highest BCUT2D eigenvalue weighted by atomic mass is 32.1. The van der Waals surface area contributed by atoms with E-state index in [0.717, 1.165) is 25.7 Å². The number of aryl methyl sites for hydroxylation is 1. The van der Waals surface area contributed by atoms with Crippen LogP contribution < -0.4 is 0 Å². The lowest BCUT2D eigenvalue weighted by molar-refractivity contribution is -0.146. The van der Waals surface area contributed by atoms with E-state index in [4.69, 9.17) is 5.11 Å². The lowest BCUT2D eigenvalue weighted by Crippen LogP contribution is -2.44. The number of carbonyl (C=O) groups is 2. The van der Waals surface area contributed by atoms with Crippen molar-refractivity contribution in [2.24, 2.45) is 5.92 Å². The first-order valence-electron chi connectivity index (χ1n) is 7.24. The first-order valence-corrected chi connectivity index (χ1v) is 8.12. The fourth-order valence-electron chi connectivity index (χ4n) is 3.34. The van der Waals surface area contributed by atoms with Gasteiger partial charge in [-0.25, -0.2) is 0 Å². The first-order chi connectivity index (χ1) is 9.66. The Labute approximate surface area is 122 Å². The van der Waals surface area contributed by atoms with E-state index in [0.29, 0.717) is 19.5 Å². The predicted molar refractivity (Wildman–Crippen MR) is 76.9 cm³/mol. The minimum absolute atomic E-state index is 0.0439. The van der Waals surface area contributed by atoms with Gasteiger partial charge in [0.2, 0.25) is 5.91 Å². The molecule has 0 spiro atoms. The van der Waals surface area contributed by atoms with Crippen molar-refractivity contribution in [3.63, 3.8) is 0 Å². The van der Waals surface area contributed by atoms with Crippen LogP contribution in [0.1, 0.15) is 42.0 Å². The number of likely N-dealkylation sites (tertiary alicyclic amines) is 1.